The van der Waals surface area contributed by atoms with Gasteiger partial charge < -0.3 is 4.90 Å². The lowest BCUT2D eigenvalue weighted by molar-refractivity contribution is 0.222. The predicted molar refractivity (Wildman–Crippen MR) is 94.8 cm³/mol. The fraction of sp³-hybridized carbons (Fsp3) is 0.625. The molecular weight excluding hydrogens is 364 g/mol. The average molecular weight is 389 g/mol. The lowest BCUT2D eigenvalue weighted by atomic mass is 10.1. The summed E-state index contributed by atoms with van der Waals surface area (Å²) < 4.78 is 23.6. The van der Waals surface area contributed by atoms with E-state index in [1.54, 1.807) is 4.31 Å². The fourth-order valence-corrected chi connectivity index (χ4v) is 3.62. The normalized spacial score (nSPS) is 17.8. The Hall–Kier alpha value is -0.270. The zero-order chi connectivity index (χ0) is 15.8. The predicted octanol–water partition coefficient (Wildman–Crippen LogP) is 3.65. The molecule has 0 amide bonds. The second kappa shape index (κ2) is 9.78. The van der Waals surface area contributed by atoms with E-state index in [0.29, 0.717) is 13.1 Å². The van der Waals surface area contributed by atoms with Gasteiger partial charge in [0.2, 0.25) is 11.3 Å². The summed E-state index contributed by atoms with van der Waals surface area (Å²) in [5.74, 6) is 0. The maximum absolute atomic E-state index is 11.5. The maximum atomic E-state index is 11.5. The van der Waals surface area contributed by atoms with Crippen LogP contribution >= 0.6 is 15.9 Å². The van der Waals surface area contributed by atoms with Crippen molar-refractivity contribution in [1.82, 2.24) is 9.21 Å². The highest BCUT2D eigenvalue weighted by molar-refractivity contribution is 9.10. The van der Waals surface area contributed by atoms with Crippen LogP contribution in [0.3, 0.4) is 0 Å². The minimum Gasteiger partial charge on any atom is -0.303 e. The molecule has 1 saturated heterocycles. The van der Waals surface area contributed by atoms with Gasteiger partial charge in [0.25, 0.3) is 0 Å². The van der Waals surface area contributed by atoms with Crippen LogP contribution in [0.4, 0.5) is 0 Å². The van der Waals surface area contributed by atoms with Gasteiger partial charge in [0.05, 0.1) is 0 Å². The molecule has 1 atom stereocenters. The van der Waals surface area contributed by atoms with Gasteiger partial charge in [0, 0.05) is 17.6 Å². The summed E-state index contributed by atoms with van der Waals surface area (Å²) in [6.45, 7) is 4.72. The van der Waals surface area contributed by atoms with Gasteiger partial charge in [-0.25, -0.2) is 4.21 Å². The molecule has 0 aliphatic carbocycles. The SMILES string of the molecule is O=S(O)N(CCCCN1CCCCC1)Cc1ccc(Br)cc1. The number of piperidine rings is 1. The van der Waals surface area contributed by atoms with Gasteiger partial charge in [0.1, 0.15) is 0 Å². The fourth-order valence-electron chi connectivity index (χ4n) is 2.81. The first kappa shape index (κ1) is 18.1. The van der Waals surface area contributed by atoms with Crippen LogP contribution in [0, 0.1) is 0 Å². The Bertz CT molecular complexity index is 464. The quantitative estimate of drug-likeness (QED) is 0.545. The van der Waals surface area contributed by atoms with Crippen LogP contribution in [0.2, 0.25) is 0 Å². The lowest BCUT2D eigenvalue weighted by Gasteiger charge is -2.26. The van der Waals surface area contributed by atoms with Crippen LogP contribution in [0.1, 0.15) is 37.7 Å². The van der Waals surface area contributed by atoms with E-state index in [2.05, 4.69) is 20.8 Å². The van der Waals surface area contributed by atoms with Crippen LogP contribution in [-0.4, -0.2) is 44.1 Å². The standard InChI is InChI=1S/C16H25BrN2O2S/c17-16-8-6-15(7-9-16)14-19(22(20)21)13-5-4-12-18-10-2-1-3-11-18/h6-9H,1-5,10-14H2,(H,20,21). The van der Waals surface area contributed by atoms with E-state index in [0.717, 1.165) is 29.4 Å². The van der Waals surface area contributed by atoms with E-state index in [1.165, 1.54) is 32.4 Å². The topological polar surface area (TPSA) is 43.8 Å². The number of rotatable bonds is 8. The first-order valence-electron chi connectivity index (χ1n) is 7.98. The molecule has 1 aliphatic rings. The third kappa shape index (κ3) is 6.46. The van der Waals surface area contributed by atoms with Gasteiger partial charge in [-0.2, -0.15) is 4.31 Å². The minimum atomic E-state index is -1.91. The number of halogens is 1. The Morgan fingerprint density at radius 3 is 2.45 bits per heavy atom. The number of hydrogen-bond acceptors (Lipinski definition) is 2. The molecule has 0 saturated carbocycles. The molecule has 1 aromatic rings. The number of hydrogen-bond donors (Lipinski definition) is 1. The van der Waals surface area contributed by atoms with Crippen molar-refractivity contribution in [2.75, 3.05) is 26.2 Å². The minimum absolute atomic E-state index is 0.514. The third-order valence-corrected chi connectivity index (χ3v) is 5.36. The highest BCUT2D eigenvalue weighted by Gasteiger charge is 2.13. The second-order valence-corrected chi connectivity index (χ2v) is 7.72. The molecule has 2 rings (SSSR count). The zero-order valence-corrected chi connectivity index (χ0v) is 15.3. The van der Waals surface area contributed by atoms with E-state index >= 15 is 0 Å². The molecule has 1 heterocycles. The van der Waals surface area contributed by atoms with Crippen LogP contribution in [0.15, 0.2) is 28.7 Å². The van der Waals surface area contributed by atoms with E-state index in [1.807, 2.05) is 24.3 Å². The Morgan fingerprint density at radius 2 is 1.82 bits per heavy atom. The van der Waals surface area contributed by atoms with Crippen molar-refractivity contribution < 1.29 is 8.76 Å². The van der Waals surface area contributed by atoms with Gasteiger partial charge in [0.15, 0.2) is 0 Å². The van der Waals surface area contributed by atoms with Crippen molar-refractivity contribution in [1.29, 1.82) is 0 Å². The van der Waals surface area contributed by atoms with Crippen LogP contribution in [0.25, 0.3) is 0 Å². The molecular formula is C16H25BrN2O2S. The highest BCUT2D eigenvalue weighted by atomic mass is 79.9. The van der Waals surface area contributed by atoms with Gasteiger partial charge in [-0.3, -0.25) is 4.55 Å². The summed E-state index contributed by atoms with van der Waals surface area (Å²) in [6, 6.07) is 7.89. The van der Waals surface area contributed by atoms with Crippen LogP contribution in [0.5, 0.6) is 0 Å². The summed E-state index contributed by atoms with van der Waals surface area (Å²) in [6.07, 6.45) is 6.04. The number of unbranched alkanes of at least 4 members (excludes halogenated alkanes) is 1. The average Bonchev–Trinajstić information content (AvgIpc) is 2.53. The third-order valence-electron chi connectivity index (χ3n) is 4.07. The smallest absolute Gasteiger partial charge is 0.234 e. The summed E-state index contributed by atoms with van der Waals surface area (Å²) in [5.41, 5.74) is 1.06. The van der Waals surface area contributed by atoms with Crippen molar-refractivity contribution in [3.8, 4) is 0 Å². The molecule has 0 radical (unpaired) electrons. The van der Waals surface area contributed by atoms with Gasteiger partial charge in [-0.05, 0) is 63.0 Å². The van der Waals surface area contributed by atoms with Crippen molar-refractivity contribution >= 4 is 27.2 Å². The van der Waals surface area contributed by atoms with E-state index in [4.69, 9.17) is 0 Å². The number of nitrogens with zero attached hydrogens (tertiary/aromatic N) is 2. The van der Waals surface area contributed by atoms with Crippen LogP contribution in [-0.2, 0) is 17.8 Å². The van der Waals surface area contributed by atoms with Crippen LogP contribution < -0.4 is 0 Å². The lowest BCUT2D eigenvalue weighted by Crippen LogP contribution is -2.31. The maximum Gasteiger partial charge on any atom is 0.234 e. The summed E-state index contributed by atoms with van der Waals surface area (Å²) in [5, 5.41) is 0. The summed E-state index contributed by atoms with van der Waals surface area (Å²) >= 11 is 1.49. The zero-order valence-electron chi connectivity index (χ0n) is 12.9. The molecule has 0 bridgehead atoms. The van der Waals surface area contributed by atoms with E-state index in [-0.39, 0.29) is 0 Å². The Morgan fingerprint density at radius 1 is 1.14 bits per heavy atom. The van der Waals surface area contributed by atoms with Crippen molar-refractivity contribution in [3.05, 3.63) is 34.3 Å². The molecule has 1 unspecified atom stereocenters. The number of likely N-dealkylation sites (tertiary alicyclic amines) is 1. The van der Waals surface area contributed by atoms with Crippen molar-refractivity contribution in [2.24, 2.45) is 0 Å². The second-order valence-electron chi connectivity index (χ2n) is 5.83. The Kier molecular flexibility index (Phi) is 8.03. The molecule has 22 heavy (non-hydrogen) atoms. The molecule has 4 nitrogen and oxygen atoms in total. The largest absolute Gasteiger partial charge is 0.303 e. The molecule has 6 heteroatoms. The van der Waals surface area contributed by atoms with Gasteiger partial charge in [-0.15, -0.1) is 0 Å². The van der Waals surface area contributed by atoms with Gasteiger partial charge >= 0.3 is 0 Å². The molecule has 0 aromatic heterocycles. The molecule has 1 fully saturated rings. The highest BCUT2D eigenvalue weighted by Crippen LogP contribution is 2.14. The Labute approximate surface area is 144 Å². The first-order chi connectivity index (χ1) is 10.6. The number of benzene rings is 1. The van der Waals surface area contributed by atoms with E-state index in [9.17, 15) is 8.76 Å². The molecule has 1 N–H and O–H groups in total. The summed E-state index contributed by atoms with van der Waals surface area (Å²) in [4.78, 5) is 2.51. The van der Waals surface area contributed by atoms with E-state index < -0.39 is 11.3 Å². The summed E-state index contributed by atoms with van der Waals surface area (Å²) in [7, 11) is 0. The Balaban J connectivity index is 1.71. The molecule has 124 valence electrons. The van der Waals surface area contributed by atoms with Crippen molar-refractivity contribution in [3.63, 3.8) is 0 Å². The molecule has 1 aliphatic heterocycles. The molecule has 0 spiro atoms. The first-order valence-corrected chi connectivity index (χ1v) is 9.83. The van der Waals surface area contributed by atoms with Crippen molar-refractivity contribution in [2.45, 2.75) is 38.6 Å². The monoisotopic (exact) mass is 388 g/mol. The molecule has 1 aromatic carbocycles. The van der Waals surface area contributed by atoms with Gasteiger partial charge in [-0.1, -0.05) is 34.5 Å².